The fourth-order valence-corrected chi connectivity index (χ4v) is 2.27. The van der Waals surface area contributed by atoms with E-state index in [9.17, 15) is 9.59 Å². The van der Waals surface area contributed by atoms with Gasteiger partial charge in [-0.2, -0.15) is 0 Å². The smallest absolute Gasteiger partial charge is 0.332 e. The summed E-state index contributed by atoms with van der Waals surface area (Å²) in [6.45, 7) is 0. The van der Waals surface area contributed by atoms with Gasteiger partial charge in [0.25, 0.3) is 5.91 Å². The molecule has 0 aliphatic heterocycles. The summed E-state index contributed by atoms with van der Waals surface area (Å²) in [6, 6.07) is 6.92. The number of ether oxygens (including phenoxy) is 1. The number of amides is 1. The lowest BCUT2D eigenvalue weighted by atomic mass is 9.91. The molecule has 5 heteroatoms. The number of aliphatic carboxylic acids is 1. The SMILES string of the molecule is COc1ccc(NC(=O)C2=C(C(=O)O)CCCC2)cc1. The lowest BCUT2D eigenvalue weighted by Crippen LogP contribution is -2.21. The molecule has 5 nitrogen and oxygen atoms in total. The summed E-state index contributed by atoms with van der Waals surface area (Å²) in [5, 5.41) is 11.9. The molecule has 2 N–H and O–H groups in total. The number of hydrogen-bond donors (Lipinski definition) is 2. The van der Waals surface area contributed by atoms with Gasteiger partial charge in [0.2, 0.25) is 0 Å². The minimum Gasteiger partial charge on any atom is -0.497 e. The highest BCUT2D eigenvalue weighted by Crippen LogP contribution is 2.26. The zero-order valence-electron chi connectivity index (χ0n) is 11.3. The Kier molecular flexibility index (Phi) is 4.40. The highest BCUT2D eigenvalue weighted by atomic mass is 16.5. The van der Waals surface area contributed by atoms with E-state index in [0.717, 1.165) is 12.8 Å². The molecule has 0 saturated carbocycles. The van der Waals surface area contributed by atoms with Crippen molar-refractivity contribution < 1.29 is 19.4 Å². The van der Waals surface area contributed by atoms with E-state index in [0.29, 0.717) is 29.9 Å². The number of hydrogen-bond acceptors (Lipinski definition) is 3. The zero-order valence-corrected chi connectivity index (χ0v) is 11.3. The molecule has 0 spiro atoms. The number of benzene rings is 1. The van der Waals surface area contributed by atoms with Crippen LogP contribution < -0.4 is 10.1 Å². The molecule has 0 radical (unpaired) electrons. The second-order valence-electron chi connectivity index (χ2n) is 4.65. The van der Waals surface area contributed by atoms with E-state index in [1.807, 2.05) is 0 Å². The monoisotopic (exact) mass is 275 g/mol. The molecule has 0 unspecified atom stereocenters. The summed E-state index contributed by atoms with van der Waals surface area (Å²) in [5.74, 6) is -0.622. The highest BCUT2D eigenvalue weighted by Gasteiger charge is 2.23. The van der Waals surface area contributed by atoms with Crippen LogP contribution in [-0.2, 0) is 9.59 Å². The average Bonchev–Trinajstić information content (AvgIpc) is 2.48. The van der Waals surface area contributed by atoms with Gasteiger partial charge in [-0.05, 0) is 49.9 Å². The largest absolute Gasteiger partial charge is 0.497 e. The van der Waals surface area contributed by atoms with E-state index >= 15 is 0 Å². The Labute approximate surface area is 117 Å². The summed E-state index contributed by atoms with van der Waals surface area (Å²) in [7, 11) is 1.57. The Morgan fingerprint density at radius 3 is 2.25 bits per heavy atom. The zero-order chi connectivity index (χ0) is 14.5. The Hall–Kier alpha value is -2.30. The molecule has 0 saturated heterocycles. The minimum absolute atomic E-state index is 0.238. The maximum absolute atomic E-state index is 12.2. The van der Waals surface area contributed by atoms with Crippen molar-refractivity contribution in [3.05, 3.63) is 35.4 Å². The van der Waals surface area contributed by atoms with Gasteiger partial charge in [-0.1, -0.05) is 0 Å². The van der Waals surface area contributed by atoms with E-state index in [4.69, 9.17) is 9.84 Å². The highest BCUT2D eigenvalue weighted by molar-refractivity contribution is 6.08. The average molecular weight is 275 g/mol. The van der Waals surface area contributed by atoms with E-state index < -0.39 is 5.97 Å². The predicted molar refractivity (Wildman–Crippen MR) is 74.8 cm³/mol. The van der Waals surface area contributed by atoms with Gasteiger partial charge in [0.15, 0.2) is 0 Å². The first-order valence-corrected chi connectivity index (χ1v) is 6.52. The van der Waals surface area contributed by atoms with Crippen molar-refractivity contribution >= 4 is 17.6 Å². The molecule has 1 aliphatic rings. The van der Waals surface area contributed by atoms with Crippen LogP contribution in [0, 0.1) is 0 Å². The van der Waals surface area contributed by atoms with E-state index in [2.05, 4.69) is 5.32 Å². The lowest BCUT2D eigenvalue weighted by molar-refractivity contribution is -0.133. The molecule has 0 aromatic heterocycles. The van der Waals surface area contributed by atoms with Gasteiger partial charge in [0, 0.05) is 16.8 Å². The Balaban J connectivity index is 2.15. The van der Waals surface area contributed by atoms with Gasteiger partial charge in [-0.3, -0.25) is 4.79 Å². The summed E-state index contributed by atoms with van der Waals surface area (Å²) in [4.78, 5) is 23.3. The maximum atomic E-state index is 12.2. The summed E-state index contributed by atoms with van der Waals surface area (Å²) >= 11 is 0. The van der Waals surface area contributed by atoms with Crippen molar-refractivity contribution in [3.8, 4) is 5.75 Å². The van der Waals surface area contributed by atoms with Crippen LogP contribution in [0.15, 0.2) is 35.4 Å². The van der Waals surface area contributed by atoms with E-state index in [-0.39, 0.29) is 11.5 Å². The number of carboxylic acids is 1. The number of anilines is 1. The van der Waals surface area contributed by atoms with Crippen molar-refractivity contribution in [1.29, 1.82) is 0 Å². The molecule has 1 aliphatic carbocycles. The topological polar surface area (TPSA) is 75.6 Å². The Morgan fingerprint density at radius 2 is 1.70 bits per heavy atom. The second-order valence-corrected chi connectivity index (χ2v) is 4.65. The molecule has 1 amide bonds. The van der Waals surface area contributed by atoms with Crippen molar-refractivity contribution in [3.63, 3.8) is 0 Å². The maximum Gasteiger partial charge on any atom is 0.332 e. The third-order valence-electron chi connectivity index (χ3n) is 3.35. The number of carboxylic acid groups (broad SMARTS) is 1. The van der Waals surface area contributed by atoms with Crippen LogP contribution in [-0.4, -0.2) is 24.1 Å². The first-order chi connectivity index (χ1) is 9.61. The van der Waals surface area contributed by atoms with Gasteiger partial charge < -0.3 is 15.2 Å². The van der Waals surface area contributed by atoms with Crippen LogP contribution in [0.25, 0.3) is 0 Å². The van der Waals surface area contributed by atoms with Crippen molar-refractivity contribution in [2.45, 2.75) is 25.7 Å². The third kappa shape index (κ3) is 3.17. The number of carbonyl (C=O) groups is 2. The van der Waals surface area contributed by atoms with E-state index in [1.165, 1.54) is 0 Å². The fraction of sp³-hybridized carbons (Fsp3) is 0.333. The molecule has 20 heavy (non-hydrogen) atoms. The van der Waals surface area contributed by atoms with Crippen LogP contribution >= 0.6 is 0 Å². The van der Waals surface area contributed by atoms with Gasteiger partial charge in [0.1, 0.15) is 5.75 Å². The molecule has 0 atom stereocenters. The lowest BCUT2D eigenvalue weighted by Gasteiger charge is -2.17. The first kappa shape index (κ1) is 14.1. The molecule has 0 heterocycles. The standard InChI is InChI=1S/C15H17NO4/c1-20-11-8-6-10(7-9-11)16-14(17)12-4-2-3-5-13(12)15(18)19/h6-9H,2-5H2,1H3,(H,16,17)(H,18,19). The predicted octanol–water partition coefficient (Wildman–Crippen LogP) is 2.59. The fourth-order valence-electron chi connectivity index (χ4n) is 2.27. The van der Waals surface area contributed by atoms with E-state index in [1.54, 1.807) is 31.4 Å². The quantitative estimate of drug-likeness (QED) is 0.885. The molecule has 1 aromatic carbocycles. The van der Waals surface area contributed by atoms with Crippen LogP contribution in [0.5, 0.6) is 5.75 Å². The second kappa shape index (κ2) is 6.23. The molecule has 106 valence electrons. The van der Waals surface area contributed by atoms with Crippen LogP contribution in [0.1, 0.15) is 25.7 Å². The molecular weight excluding hydrogens is 258 g/mol. The van der Waals surface area contributed by atoms with Gasteiger partial charge in [-0.15, -0.1) is 0 Å². The number of nitrogens with one attached hydrogen (secondary N) is 1. The number of rotatable bonds is 4. The van der Waals surface area contributed by atoms with Crippen LogP contribution in [0.3, 0.4) is 0 Å². The third-order valence-corrected chi connectivity index (χ3v) is 3.35. The molecule has 0 bridgehead atoms. The molecule has 2 rings (SSSR count). The van der Waals surface area contributed by atoms with Gasteiger partial charge >= 0.3 is 5.97 Å². The molecule has 0 fully saturated rings. The normalized spacial score (nSPS) is 14.8. The van der Waals surface area contributed by atoms with Crippen LogP contribution in [0.2, 0.25) is 0 Å². The molecular formula is C15H17NO4. The first-order valence-electron chi connectivity index (χ1n) is 6.52. The van der Waals surface area contributed by atoms with Gasteiger partial charge in [-0.25, -0.2) is 4.79 Å². The number of methoxy groups -OCH3 is 1. The van der Waals surface area contributed by atoms with Crippen molar-refractivity contribution in [2.24, 2.45) is 0 Å². The van der Waals surface area contributed by atoms with Crippen molar-refractivity contribution in [1.82, 2.24) is 0 Å². The van der Waals surface area contributed by atoms with Crippen molar-refractivity contribution in [2.75, 3.05) is 12.4 Å². The van der Waals surface area contributed by atoms with Gasteiger partial charge in [0.05, 0.1) is 7.11 Å². The van der Waals surface area contributed by atoms with Crippen LogP contribution in [0.4, 0.5) is 5.69 Å². The summed E-state index contributed by atoms with van der Waals surface area (Å²) in [6.07, 6.45) is 2.65. The minimum atomic E-state index is -0.996. The summed E-state index contributed by atoms with van der Waals surface area (Å²) < 4.78 is 5.04. The molecule has 1 aromatic rings. The Bertz CT molecular complexity index is 545. The number of carbonyl (C=O) groups excluding carboxylic acids is 1. The Morgan fingerprint density at radius 1 is 1.10 bits per heavy atom. The summed E-state index contributed by atoms with van der Waals surface area (Å²) in [5.41, 5.74) is 1.25.